The van der Waals surface area contributed by atoms with Gasteiger partial charge in [-0.2, -0.15) is 5.10 Å². The lowest BCUT2D eigenvalue weighted by molar-refractivity contribution is 0.689. The molecule has 0 saturated carbocycles. The summed E-state index contributed by atoms with van der Waals surface area (Å²) >= 11 is 6.35. The largest absolute Gasteiger partial charge is 0.396 e. The average Bonchev–Trinajstić information content (AvgIpc) is 2.66. The molecule has 5 nitrogen and oxygen atoms in total. The summed E-state index contributed by atoms with van der Waals surface area (Å²) in [5, 5.41) is 5.15. The fraction of sp³-hybridized carbons (Fsp3) is 0.385. The minimum Gasteiger partial charge on any atom is -0.396 e. The van der Waals surface area contributed by atoms with Gasteiger partial charge in [-0.15, -0.1) is 0 Å². The van der Waals surface area contributed by atoms with E-state index in [1.165, 1.54) is 0 Å². The van der Waals surface area contributed by atoms with E-state index in [0.29, 0.717) is 12.2 Å². The summed E-state index contributed by atoms with van der Waals surface area (Å²) in [5.41, 5.74) is 9.42. The summed E-state index contributed by atoms with van der Waals surface area (Å²) in [6, 6.07) is 1.89. The van der Waals surface area contributed by atoms with Gasteiger partial charge >= 0.3 is 0 Å². The van der Waals surface area contributed by atoms with E-state index in [2.05, 4.69) is 10.1 Å². The van der Waals surface area contributed by atoms with E-state index in [0.717, 1.165) is 28.5 Å². The number of nitrogen functional groups attached to an aromatic ring is 1. The molecule has 102 valence electrons. The quantitative estimate of drug-likeness (QED) is 0.932. The van der Waals surface area contributed by atoms with Crippen molar-refractivity contribution in [1.29, 1.82) is 0 Å². The fourth-order valence-corrected chi connectivity index (χ4v) is 2.40. The average molecular weight is 280 g/mol. The minimum absolute atomic E-state index is 0.649. The second-order valence-corrected chi connectivity index (χ2v) is 4.85. The van der Waals surface area contributed by atoms with Crippen LogP contribution in [-0.4, -0.2) is 21.8 Å². The highest BCUT2D eigenvalue weighted by atomic mass is 35.5. The summed E-state index contributed by atoms with van der Waals surface area (Å²) < 4.78 is 1.83. The van der Waals surface area contributed by atoms with Gasteiger partial charge < -0.3 is 10.6 Å². The maximum atomic E-state index is 6.35. The number of aromatic nitrogens is 3. The topological polar surface area (TPSA) is 60.0 Å². The highest BCUT2D eigenvalue weighted by Gasteiger charge is 2.15. The van der Waals surface area contributed by atoms with Gasteiger partial charge in [0.2, 0.25) is 0 Å². The van der Waals surface area contributed by atoms with E-state index in [1.807, 2.05) is 36.7 Å². The molecule has 2 rings (SSSR count). The molecule has 0 saturated heterocycles. The molecule has 0 bridgehead atoms. The molecular formula is C13H18ClN5. The third-order valence-electron chi connectivity index (χ3n) is 3.13. The number of rotatable bonds is 4. The molecule has 0 aliphatic heterocycles. The van der Waals surface area contributed by atoms with Crippen molar-refractivity contribution in [2.45, 2.75) is 19.9 Å². The third-order valence-corrected chi connectivity index (χ3v) is 3.57. The molecule has 0 atom stereocenters. The Balaban J connectivity index is 2.27. The van der Waals surface area contributed by atoms with Crippen molar-refractivity contribution < 1.29 is 0 Å². The van der Waals surface area contributed by atoms with Crippen molar-refractivity contribution in [3.63, 3.8) is 0 Å². The summed E-state index contributed by atoms with van der Waals surface area (Å²) in [7, 11) is 3.88. The molecule has 6 heteroatoms. The standard InChI is InChI=1S/C13H18ClN5/c1-4-10-13(14)12(19(3)17-10)8-18(2)11-5-6-16-7-9(11)15/h5-7H,4,8,15H2,1-3H3. The smallest absolute Gasteiger partial charge is 0.0868 e. The van der Waals surface area contributed by atoms with Crippen LogP contribution in [0.1, 0.15) is 18.3 Å². The zero-order valence-corrected chi connectivity index (χ0v) is 12.1. The Morgan fingerprint density at radius 3 is 2.79 bits per heavy atom. The van der Waals surface area contributed by atoms with Crippen molar-refractivity contribution in [3.8, 4) is 0 Å². The Morgan fingerprint density at radius 1 is 1.47 bits per heavy atom. The van der Waals surface area contributed by atoms with E-state index < -0.39 is 0 Å². The number of hydrogen-bond acceptors (Lipinski definition) is 4. The first-order valence-corrected chi connectivity index (χ1v) is 6.53. The van der Waals surface area contributed by atoms with Gasteiger partial charge in [0, 0.05) is 20.3 Å². The van der Waals surface area contributed by atoms with Crippen molar-refractivity contribution >= 4 is 23.0 Å². The van der Waals surface area contributed by atoms with Crippen LogP contribution >= 0.6 is 11.6 Å². The molecule has 0 aliphatic carbocycles. The lowest BCUT2D eigenvalue weighted by Crippen LogP contribution is -2.20. The van der Waals surface area contributed by atoms with Gasteiger partial charge in [-0.1, -0.05) is 18.5 Å². The molecular weight excluding hydrogens is 262 g/mol. The first-order valence-electron chi connectivity index (χ1n) is 6.15. The van der Waals surface area contributed by atoms with Gasteiger partial charge in [0.1, 0.15) is 0 Å². The van der Waals surface area contributed by atoms with Gasteiger partial charge in [-0.3, -0.25) is 9.67 Å². The number of aryl methyl sites for hydroxylation is 2. The van der Waals surface area contributed by atoms with Crippen molar-refractivity contribution in [2.75, 3.05) is 17.7 Å². The highest BCUT2D eigenvalue weighted by Crippen LogP contribution is 2.26. The van der Waals surface area contributed by atoms with Crippen molar-refractivity contribution in [2.24, 2.45) is 7.05 Å². The Kier molecular flexibility index (Phi) is 3.95. The molecule has 0 amide bonds. The molecule has 0 radical (unpaired) electrons. The van der Waals surface area contributed by atoms with Crippen molar-refractivity contribution in [1.82, 2.24) is 14.8 Å². The summed E-state index contributed by atoms with van der Waals surface area (Å²) in [6.07, 6.45) is 4.20. The molecule has 0 aromatic carbocycles. The molecule has 0 unspecified atom stereocenters. The normalized spacial score (nSPS) is 10.7. The first-order chi connectivity index (χ1) is 9.04. The zero-order valence-electron chi connectivity index (χ0n) is 11.4. The summed E-state index contributed by atoms with van der Waals surface area (Å²) in [5.74, 6) is 0. The van der Waals surface area contributed by atoms with Crippen molar-refractivity contribution in [3.05, 3.63) is 34.9 Å². The lowest BCUT2D eigenvalue weighted by atomic mass is 10.2. The van der Waals surface area contributed by atoms with Gasteiger partial charge in [-0.25, -0.2) is 0 Å². The Bertz CT molecular complexity index is 578. The summed E-state index contributed by atoms with van der Waals surface area (Å²) in [4.78, 5) is 6.03. The SMILES string of the molecule is CCc1nn(C)c(CN(C)c2ccncc2N)c1Cl. The number of anilines is 2. The predicted molar refractivity (Wildman–Crippen MR) is 78.4 cm³/mol. The second kappa shape index (κ2) is 5.48. The number of halogens is 1. The Hall–Kier alpha value is -1.75. The molecule has 0 fully saturated rings. The molecule has 2 N–H and O–H groups in total. The van der Waals surface area contributed by atoms with E-state index >= 15 is 0 Å². The van der Waals surface area contributed by atoms with E-state index in [-0.39, 0.29) is 0 Å². The minimum atomic E-state index is 0.649. The Labute approximate surface area is 118 Å². The van der Waals surface area contributed by atoms with E-state index in [4.69, 9.17) is 17.3 Å². The van der Waals surface area contributed by atoms with Crippen LogP contribution in [0.5, 0.6) is 0 Å². The van der Waals surface area contributed by atoms with E-state index in [9.17, 15) is 0 Å². The molecule has 0 spiro atoms. The van der Waals surface area contributed by atoms with Gasteiger partial charge in [0.15, 0.2) is 0 Å². The van der Waals surface area contributed by atoms with Crippen LogP contribution in [0.2, 0.25) is 5.02 Å². The van der Waals surface area contributed by atoms with Crippen LogP contribution in [0, 0.1) is 0 Å². The fourth-order valence-electron chi connectivity index (χ4n) is 2.05. The van der Waals surface area contributed by atoms with Gasteiger partial charge in [-0.05, 0) is 12.5 Å². The van der Waals surface area contributed by atoms with Crippen LogP contribution in [0.15, 0.2) is 18.5 Å². The highest BCUT2D eigenvalue weighted by molar-refractivity contribution is 6.31. The van der Waals surface area contributed by atoms with Crippen LogP contribution in [-0.2, 0) is 20.0 Å². The first kappa shape index (κ1) is 13.7. The zero-order chi connectivity index (χ0) is 14.0. The van der Waals surface area contributed by atoms with Gasteiger partial charge in [0.25, 0.3) is 0 Å². The Morgan fingerprint density at radius 2 is 2.21 bits per heavy atom. The number of pyridine rings is 1. The predicted octanol–water partition coefficient (Wildman–Crippen LogP) is 2.25. The number of nitrogens with zero attached hydrogens (tertiary/aromatic N) is 4. The maximum Gasteiger partial charge on any atom is 0.0868 e. The maximum absolute atomic E-state index is 6.35. The van der Waals surface area contributed by atoms with Crippen LogP contribution in [0.4, 0.5) is 11.4 Å². The molecule has 2 aromatic heterocycles. The monoisotopic (exact) mass is 279 g/mol. The number of nitrogens with two attached hydrogens (primary N) is 1. The third kappa shape index (κ3) is 2.66. The van der Waals surface area contributed by atoms with Crippen LogP contribution in [0.3, 0.4) is 0 Å². The lowest BCUT2D eigenvalue weighted by Gasteiger charge is -2.20. The summed E-state index contributed by atoms with van der Waals surface area (Å²) in [6.45, 7) is 2.69. The van der Waals surface area contributed by atoms with Crippen LogP contribution < -0.4 is 10.6 Å². The second-order valence-electron chi connectivity index (χ2n) is 4.48. The van der Waals surface area contributed by atoms with Crippen LogP contribution in [0.25, 0.3) is 0 Å². The molecule has 19 heavy (non-hydrogen) atoms. The van der Waals surface area contributed by atoms with Gasteiger partial charge in [0.05, 0.1) is 40.5 Å². The van der Waals surface area contributed by atoms with E-state index in [1.54, 1.807) is 12.4 Å². The molecule has 2 heterocycles. The number of hydrogen-bond donors (Lipinski definition) is 1. The molecule has 0 aliphatic rings. The molecule has 2 aromatic rings.